The van der Waals surface area contributed by atoms with Crippen LogP contribution in [0.3, 0.4) is 0 Å². The lowest BCUT2D eigenvalue weighted by molar-refractivity contribution is 0.267. The number of hydrogen-bond acceptors (Lipinski definition) is 3. The molecular formula is C13H16ClN3O. The largest absolute Gasteiger partial charge is 0.492 e. The summed E-state index contributed by atoms with van der Waals surface area (Å²) in [6, 6.07) is 9.71. The SMILES string of the molecule is CNC(COc1ccccc1)c1c(Cl)cnn1C. The second kappa shape index (κ2) is 5.89. The topological polar surface area (TPSA) is 39.1 Å². The van der Waals surface area contributed by atoms with E-state index < -0.39 is 0 Å². The van der Waals surface area contributed by atoms with Crippen LogP contribution in [0, 0.1) is 0 Å². The van der Waals surface area contributed by atoms with E-state index in [0.29, 0.717) is 11.6 Å². The Bertz CT molecular complexity index is 479. The van der Waals surface area contributed by atoms with Gasteiger partial charge in [0.15, 0.2) is 0 Å². The molecule has 1 atom stereocenters. The Labute approximate surface area is 112 Å². The highest BCUT2D eigenvalue weighted by atomic mass is 35.5. The molecule has 1 N–H and O–H groups in total. The molecule has 4 nitrogen and oxygen atoms in total. The average Bonchev–Trinajstić information content (AvgIpc) is 2.73. The van der Waals surface area contributed by atoms with Crippen molar-refractivity contribution in [3.8, 4) is 5.75 Å². The Hall–Kier alpha value is -1.52. The number of rotatable bonds is 5. The first-order chi connectivity index (χ1) is 8.72. The van der Waals surface area contributed by atoms with Gasteiger partial charge in [0.25, 0.3) is 0 Å². The van der Waals surface area contributed by atoms with E-state index in [1.54, 1.807) is 10.9 Å². The van der Waals surface area contributed by atoms with Crippen LogP contribution in [0.25, 0.3) is 0 Å². The molecular weight excluding hydrogens is 250 g/mol. The van der Waals surface area contributed by atoms with E-state index >= 15 is 0 Å². The lowest BCUT2D eigenvalue weighted by Gasteiger charge is -2.18. The van der Waals surface area contributed by atoms with Crippen LogP contribution in [-0.4, -0.2) is 23.4 Å². The minimum atomic E-state index is 0.00482. The van der Waals surface area contributed by atoms with Crippen LogP contribution < -0.4 is 10.1 Å². The molecule has 0 saturated heterocycles. The molecule has 0 aliphatic carbocycles. The van der Waals surface area contributed by atoms with Gasteiger partial charge in [-0.2, -0.15) is 5.10 Å². The molecule has 0 saturated carbocycles. The third-order valence-electron chi connectivity index (χ3n) is 2.78. The zero-order valence-electron chi connectivity index (χ0n) is 10.4. The molecule has 1 aromatic heterocycles. The molecule has 1 unspecified atom stereocenters. The molecule has 0 aliphatic heterocycles. The summed E-state index contributed by atoms with van der Waals surface area (Å²) in [6.07, 6.45) is 1.64. The van der Waals surface area contributed by atoms with Crippen LogP contribution in [0.4, 0.5) is 0 Å². The maximum absolute atomic E-state index is 6.12. The van der Waals surface area contributed by atoms with Gasteiger partial charge in [0.1, 0.15) is 12.4 Å². The van der Waals surface area contributed by atoms with Gasteiger partial charge < -0.3 is 10.1 Å². The second-order valence-corrected chi connectivity index (χ2v) is 4.37. The maximum atomic E-state index is 6.12. The van der Waals surface area contributed by atoms with E-state index in [0.717, 1.165) is 11.4 Å². The van der Waals surface area contributed by atoms with Gasteiger partial charge in [-0.05, 0) is 19.2 Å². The summed E-state index contributed by atoms with van der Waals surface area (Å²) in [5.41, 5.74) is 0.926. The van der Waals surface area contributed by atoms with Crippen molar-refractivity contribution >= 4 is 11.6 Å². The van der Waals surface area contributed by atoms with Crippen LogP contribution in [0.1, 0.15) is 11.7 Å². The molecule has 18 heavy (non-hydrogen) atoms. The number of aromatic nitrogens is 2. The Kier molecular flexibility index (Phi) is 4.23. The third kappa shape index (κ3) is 2.83. The predicted molar refractivity (Wildman–Crippen MR) is 72.0 cm³/mol. The quantitative estimate of drug-likeness (QED) is 0.902. The second-order valence-electron chi connectivity index (χ2n) is 3.97. The van der Waals surface area contributed by atoms with Gasteiger partial charge in [-0.3, -0.25) is 4.68 Å². The standard InChI is InChI=1S/C13H16ClN3O/c1-15-12(13-11(14)8-16-17(13)2)9-18-10-6-4-3-5-7-10/h3-8,12,15H,9H2,1-2H3. The van der Waals surface area contributed by atoms with E-state index in [1.165, 1.54) is 0 Å². The lowest BCUT2D eigenvalue weighted by atomic mass is 10.2. The van der Waals surface area contributed by atoms with Crippen molar-refractivity contribution in [1.82, 2.24) is 15.1 Å². The molecule has 5 heteroatoms. The molecule has 0 spiro atoms. The van der Waals surface area contributed by atoms with E-state index in [4.69, 9.17) is 16.3 Å². The zero-order valence-corrected chi connectivity index (χ0v) is 11.2. The van der Waals surface area contributed by atoms with E-state index in [-0.39, 0.29) is 6.04 Å². The summed E-state index contributed by atoms with van der Waals surface area (Å²) >= 11 is 6.12. The number of nitrogens with zero attached hydrogens (tertiary/aromatic N) is 2. The van der Waals surface area contributed by atoms with Crippen LogP contribution in [0.2, 0.25) is 5.02 Å². The smallest absolute Gasteiger partial charge is 0.119 e. The summed E-state index contributed by atoms with van der Waals surface area (Å²) in [7, 11) is 3.75. The number of benzene rings is 1. The van der Waals surface area contributed by atoms with Crippen LogP contribution in [0.5, 0.6) is 5.75 Å². The van der Waals surface area contributed by atoms with Crippen molar-refractivity contribution in [2.45, 2.75) is 6.04 Å². The van der Waals surface area contributed by atoms with Crippen molar-refractivity contribution in [3.05, 3.63) is 47.2 Å². The normalized spacial score (nSPS) is 12.4. The Balaban J connectivity index is 2.07. The van der Waals surface area contributed by atoms with Crippen LogP contribution in [0.15, 0.2) is 36.5 Å². The average molecular weight is 266 g/mol. The molecule has 2 aromatic rings. The Morgan fingerprint density at radius 3 is 2.67 bits per heavy atom. The van der Waals surface area contributed by atoms with Crippen LogP contribution >= 0.6 is 11.6 Å². The third-order valence-corrected chi connectivity index (χ3v) is 3.07. The molecule has 0 amide bonds. The molecule has 1 heterocycles. The molecule has 1 aromatic carbocycles. The number of halogens is 1. The molecule has 0 radical (unpaired) electrons. The lowest BCUT2D eigenvalue weighted by Crippen LogP contribution is -2.25. The van der Waals surface area contributed by atoms with Crippen LogP contribution in [-0.2, 0) is 7.05 Å². The highest BCUT2D eigenvalue weighted by molar-refractivity contribution is 6.31. The fourth-order valence-corrected chi connectivity index (χ4v) is 2.11. The number of likely N-dealkylation sites (N-methyl/N-ethyl adjacent to an activating group) is 1. The molecule has 0 fully saturated rings. The molecule has 0 bridgehead atoms. The fraction of sp³-hybridized carbons (Fsp3) is 0.308. The van der Waals surface area contributed by atoms with Gasteiger partial charge in [0, 0.05) is 7.05 Å². The number of nitrogens with one attached hydrogen (secondary N) is 1. The summed E-state index contributed by atoms with van der Waals surface area (Å²) in [5.74, 6) is 0.844. The van der Waals surface area contributed by atoms with Gasteiger partial charge in [-0.15, -0.1) is 0 Å². The molecule has 0 aliphatic rings. The first-order valence-corrected chi connectivity index (χ1v) is 6.12. The highest BCUT2D eigenvalue weighted by Crippen LogP contribution is 2.22. The maximum Gasteiger partial charge on any atom is 0.119 e. The van der Waals surface area contributed by atoms with E-state index in [9.17, 15) is 0 Å². The summed E-state index contributed by atoms with van der Waals surface area (Å²) in [5, 5.41) is 7.96. The van der Waals surface area contributed by atoms with Crippen molar-refractivity contribution in [1.29, 1.82) is 0 Å². The van der Waals surface area contributed by atoms with Crippen molar-refractivity contribution < 1.29 is 4.74 Å². The number of para-hydroxylation sites is 1. The van der Waals surface area contributed by atoms with Gasteiger partial charge in [-0.1, -0.05) is 29.8 Å². The van der Waals surface area contributed by atoms with Crippen molar-refractivity contribution in [2.75, 3.05) is 13.7 Å². The molecule has 2 rings (SSSR count). The number of aryl methyl sites for hydroxylation is 1. The zero-order chi connectivity index (χ0) is 13.0. The number of hydrogen-bond donors (Lipinski definition) is 1. The van der Waals surface area contributed by atoms with Gasteiger partial charge >= 0.3 is 0 Å². The first-order valence-electron chi connectivity index (χ1n) is 5.75. The molecule has 96 valence electrons. The summed E-state index contributed by atoms with van der Waals surface area (Å²) < 4.78 is 7.49. The Morgan fingerprint density at radius 1 is 1.39 bits per heavy atom. The fourth-order valence-electron chi connectivity index (χ4n) is 1.81. The highest BCUT2D eigenvalue weighted by Gasteiger charge is 2.18. The minimum absolute atomic E-state index is 0.00482. The minimum Gasteiger partial charge on any atom is -0.492 e. The summed E-state index contributed by atoms with van der Waals surface area (Å²) in [6.45, 7) is 0.500. The Morgan fingerprint density at radius 2 is 2.11 bits per heavy atom. The van der Waals surface area contributed by atoms with Crippen molar-refractivity contribution in [3.63, 3.8) is 0 Å². The monoisotopic (exact) mass is 265 g/mol. The van der Waals surface area contributed by atoms with E-state index in [2.05, 4.69) is 10.4 Å². The van der Waals surface area contributed by atoms with Crippen molar-refractivity contribution in [2.24, 2.45) is 7.05 Å². The first kappa shape index (κ1) is 12.9. The predicted octanol–water partition coefficient (Wildman–Crippen LogP) is 2.41. The van der Waals surface area contributed by atoms with Gasteiger partial charge in [0.2, 0.25) is 0 Å². The summed E-state index contributed by atoms with van der Waals surface area (Å²) in [4.78, 5) is 0. The van der Waals surface area contributed by atoms with E-state index in [1.807, 2.05) is 44.4 Å². The van der Waals surface area contributed by atoms with Gasteiger partial charge in [0.05, 0.1) is 23.0 Å². The number of ether oxygens (including phenoxy) is 1. The van der Waals surface area contributed by atoms with Gasteiger partial charge in [-0.25, -0.2) is 0 Å².